The van der Waals surface area contributed by atoms with Gasteiger partial charge < -0.3 is 15.5 Å². The molecule has 0 aliphatic carbocycles. The van der Waals surface area contributed by atoms with Gasteiger partial charge in [-0.05, 0) is 37.1 Å². The summed E-state index contributed by atoms with van der Waals surface area (Å²) < 4.78 is 0. The largest absolute Gasteiger partial charge is 0.370 e. The second-order valence-corrected chi connectivity index (χ2v) is 5.82. The van der Waals surface area contributed by atoms with Crippen LogP contribution in [-0.4, -0.2) is 37.2 Å². The molecule has 2 aromatic rings. The third-order valence-corrected chi connectivity index (χ3v) is 4.17. The van der Waals surface area contributed by atoms with E-state index in [9.17, 15) is 0 Å². The first-order valence-corrected chi connectivity index (χ1v) is 8.02. The van der Waals surface area contributed by atoms with Gasteiger partial charge in [0.15, 0.2) is 0 Å². The molecule has 1 unspecified atom stereocenters. The molecule has 1 aromatic heterocycles. The summed E-state index contributed by atoms with van der Waals surface area (Å²) in [5, 5.41) is 7.03. The van der Waals surface area contributed by atoms with Crippen LogP contribution in [0.15, 0.2) is 48.7 Å². The van der Waals surface area contributed by atoms with Crippen molar-refractivity contribution < 1.29 is 0 Å². The van der Waals surface area contributed by atoms with Crippen molar-refractivity contribution in [3.05, 3.63) is 54.2 Å². The molecule has 1 fully saturated rings. The number of hydrogen-bond donors (Lipinski definition) is 2. The zero-order valence-electron chi connectivity index (χ0n) is 13.1. The summed E-state index contributed by atoms with van der Waals surface area (Å²) in [6.07, 6.45) is 3.04. The number of nitrogens with zero attached hydrogens (tertiary/aromatic N) is 2. The Balaban J connectivity index is 1.39. The predicted molar refractivity (Wildman–Crippen MR) is 92.5 cm³/mol. The maximum Gasteiger partial charge on any atom is 0.128 e. The second-order valence-electron chi connectivity index (χ2n) is 5.82. The zero-order chi connectivity index (χ0) is 15.2. The van der Waals surface area contributed by atoms with Crippen LogP contribution in [0.4, 0.5) is 11.5 Å². The molecule has 0 bridgehead atoms. The summed E-state index contributed by atoms with van der Waals surface area (Å²) >= 11 is 0. The molecule has 1 aliphatic heterocycles. The van der Waals surface area contributed by atoms with E-state index < -0.39 is 0 Å². The van der Waals surface area contributed by atoms with Crippen LogP contribution in [0.25, 0.3) is 0 Å². The van der Waals surface area contributed by atoms with E-state index in [1.54, 1.807) is 0 Å². The van der Waals surface area contributed by atoms with Gasteiger partial charge in [-0.3, -0.25) is 0 Å². The van der Waals surface area contributed by atoms with E-state index in [4.69, 9.17) is 0 Å². The number of rotatable bonds is 6. The van der Waals surface area contributed by atoms with Crippen molar-refractivity contribution >= 4 is 11.5 Å². The Bertz CT molecular complexity index is 585. The molecule has 1 atom stereocenters. The smallest absolute Gasteiger partial charge is 0.128 e. The summed E-state index contributed by atoms with van der Waals surface area (Å²) in [7, 11) is 0. The van der Waals surface area contributed by atoms with Gasteiger partial charge in [0.2, 0.25) is 0 Å². The van der Waals surface area contributed by atoms with Crippen molar-refractivity contribution in [3.63, 3.8) is 0 Å². The van der Waals surface area contributed by atoms with Gasteiger partial charge >= 0.3 is 0 Å². The minimum Gasteiger partial charge on any atom is -0.370 e. The number of pyridine rings is 1. The van der Waals surface area contributed by atoms with Crippen LogP contribution in [0.1, 0.15) is 12.0 Å². The lowest BCUT2D eigenvalue weighted by Gasteiger charge is -2.19. The lowest BCUT2D eigenvalue weighted by molar-refractivity contribution is 0.563. The molecule has 22 heavy (non-hydrogen) atoms. The van der Waals surface area contributed by atoms with E-state index in [0.29, 0.717) is 6.04 Å². The first-order chi connectivity index (χ1) is 10.8. The molecule has 4 heteroatoms. The Morgan fingerprint density at radius 1 is 1.14 bits per heavy atom. The maximum atomic E-state index is 4.35. The van der Waals surface area contributed by atoms with Gasteiger partial charge in [-0.2, -0.15) is 0 Å². The highest BCUT2D eigenvalue weighted by Crippen LogP contribution is 2.19. The average molecular weight is 296 g/mol. The number of nitrogens with one attached hydrogen (secondary N) is 2. The standard InChI is InChI=1S/C18H24N4/c1-15-6-5-10-20-18(15)21-12-11-19-16-9-13-22(14-16)17-7-3-2-4-8-17/h2-8,10,16,19H,9,11-14H2,1H3,(H,20,21). The van der Waals surface area contributed by atoms with Crippen LogP contribution >= 0.6 is 0 Å². The number of para-hydroxylation sites is 1. The fourth-order valence-electron chi connectivity index (χ4n) is 2.93. The number of aryl methyl sites for hydroxylation is 1. The number of benzene rings is 1. The molecule has 2 N–H and O–H groups in total. The molecule has 1 saturated heterocycles. The van der Waals surface area contributed by atoms with Gasteiger partial charge in [-0.1, -0.05) is 24.3 Å². The van der Waals surface area contributed by atoms with E-state index in [1.807, 2.05) is 12.3 Å². The minimum absolute atomic E-state index is 0.576. The Hall–Kier alpha value is -2.07. The van der Waals surface area contributed by atoms with Crippen molar-refractivity contribution in [1.29, 1.82) is 0 Å². The molecule has 0 radical (unpaired) electrons. The average Bonchev–Trinajstić information content (AvgIpc) is 3.03. The fraction of sp³-hybridized carbons (Fsp3) is 0.389. The Morgan fingerprint density at radius 3 is 2.82 bits per heavy atom. The summed E-state index contributed by atoms with van der Waals surface area (Å²) in [6.45, 7) is 6.17. The molecule has 1 aliphatic rings. The van der Waals surface area contributed by atoms with Crippen molar-refractivity contribution in [2.75, 3.05) is 36.4 Å². The van der Waals surface area contributed by atoms with Crippen molar-refractivity contribution in [3.8, 4) is 0 Å². The molecule has 116 valence electrons. The highest BCUT2D eigenvalue weighted by atomic mass is 15.2. The number of aromatic nitrogens is 1. The van der Waals surface area contributed by atoms with Gasteiger partial charge in [0.1, 0.15) is 5.82 Å². The van der Waals surface area contributed by atoms with Crippen molar-refractivity contribution in [2.24, 2.45) is 0 Å². The highest BCUT2D eigenvalue weighted by Gasteiger charge is 2.21. The van der Waals surface area contributed by atoms with E-state index in [1.165, 1.54) is 17.7 Å². The summed E-state index contributed by atoms with van der Waals surface area (Å²) in [4.78, 5) is 6.80. The molecule has 2 heterocycles. The summed E-state index contributed by atoms with van der Waals surface area (Å²) in [6, 6.07) is 15.3. The summed E-state index contributed by atoms with van der Waals surface area (Å²) in [5.41, 5.74) is 2.52. The molecular formula is C18H24N4. The normalized spacial score (nSPS) is 17.7. The molecule has 0 amide bonds. The molecule has 4 nitrogen and oxygen atoms in total. The van der Waals surface area contributed by atoms with E-state index >= 15 is 0 Å². The lowest BCUT2D eigenvalue weighted by Crippen LogP contribution is -2.35. The van der Waals surface area contributed by atoms with Crippen LogP contribution < -0.4 is 15.5 Å². The zero-order valence-corrected chi connectivity index (χ0v) is 13.1. The molecule has 0 saturated carbocycles. The molecule has 1 aromatic carbocycles. The van der Waals surface area contributed by atoms with Crippen LogP contribution in [0.2, 0.25) is 0 Å². The van der Waals surface area contributed by atoms with Crippen molar-refractivity contribution in [2.45, 2.75) is 19.4 Å². The van der Waals surface area contributed by atoms with E-state index in [0.717, 1.165) is 32.0 Å². The fourth-order valence-corrected chi connectivity index (χ4v) is 2.93. The minimum atomic E-state index is 0.576. The summed E-state index contributed by atoms with van der Waals surface area (Å²) in [5.74, 6) is 0.988. The van der Waals surface area contributed by atoms with Gasteiger partial charge in [-0.25, -0.2) is 4.98 Å². The molecule has 0 spiro atoms. The topological polar surface area (TPSA) is 40.2 Å². The Kier molecular flexibility index (Phi) is 4.91. The molecule has 3 rings (SSSR count). The number of anilines is 2. The third-order valence-electron chi connectivity index (χ3n) is 4.17. The van der Waals surface area contributed by atoms with Crippen LogP contribution in [0.5, 0.6) is 0 Å². The van der Waals surface area contributed by atoms with Gasteiger partial charge in [0.25, 0.3) is 0 Å². The second kappa shape index (κ2) is 7.27. The van der Waals surface area contributed by atoms with Crippen molar-refractivity contribution in [1.82, 2.24) is 10.3 Å². The third kappa shape index (κ3) is 3.77. The predicted octanol–water partition coefficient (Wildman–Crippen LogP) is 2.67. The van der Waals surface area contributed by atoms with E-state index in [2.05, 4.69) is 63.8 Å². The first-order valence-electron chi connectivity index (χ1n) is 8.02. The van der Waals surface area contributed by atoms with Gasteiger partial charge in [0.05, 0.1) is 0 Å². The van der Waals surface area contributed by atoms with Gasteiger partial charge in [-0.15, -0.1) is 0 Å². The first kappa shape index (κ1) is 14.9. The number of hydrogen-bond acceptors (Lipinski definition) is 4. The monoisotopic (exact) mass is 296 g/mol. The SMILES string of the molecule is Cc1cccnc1NCCNC1CCN(c2ccccc2)C1. The lowest BCUT2D eigenvalue weighted by atomic mass is 10.2. The van der Waals surface area contributed by atoms with Crippen LogP contribution in [-0.2, 0) is 0 Å². The van der Waals surface area contributed by atoms with E-state index in [-0.39, 0.29) is 0 Å². The highest BCUT2D eigenvalue weighted by molar-refractivity contribution is 5.47. The quantitative estimate of drug-likeness (QED) is 0.804. The van der Waals surface area contributed by atoms with Gasteiger partial charge in [0, 0.05) is 44.1 Å². The Labute approximate surface area is 132 Å². The Morgan fingerprint density at radius 2 is 2.00 bits per heavy atom. The molecular weight excluding hydrogens is 272 g/mol. The maximum absolute atomic E-state index is 4.35. The van der Waals surface area contributed by atoms with Crippen LogP contribution in [0.3, 0.4) is 0 Å². The van der Waals surface area contributed by atoms with Crippen LogP contribution in [0, 0.1) is 6.92 Å².